The maximum Gasteiger partial charge on any atom is 0.257 e. The fourth-order valence-electron chi connectivity index (χ4n) is 3.26. The van der Waals surface area contributed by atoms with Crippen LogP contribution in [0.4, 0.5) is 0 Å². The Kier molecular flexibility index (Phi) is 3.97. The molecule has 1 aliphatic heterocycles. The monoisotopic (exact) mass is 335 g/mol. The molecule has 3 heterocycles. The smallest absolute Gasteiger partial charge is 0.257 e. The van der Waals surface area contributed by atoms with Gasteiger partial charge in [-0.3, -0.25) is 4.79 Å². The summed E-state index contributed by atoms with van der Waals surface area (Å²) < 4.78 is 1.77. The molecule has 25 heavy (non-hydrogen) atoms. The van der Waals surface area contributed by atoms with E-state index in [2.05, 4.69) is 22.0 Å². The van der Waals surface area contributed by atoms with Gasteiger partial charge in [-0.15, -0.1) is 0 Å². The molecule has 0 aliphatic carbocycles. The van der Waals surface area contributed by atoms with E-state index in [0.717, 1.165) is 48.6 Å². The van der Waals surface area contributed by atoms with Crippen molar-refractivity contribution in [2.24, 2.45) is 0 Å². The first-order chi connectivity index (χ1) is 12.1. The van der Waals surface area contributed by atoms with Gasteiger partial charge in [0.25, 0.3) is 5.91 Å². The lowest BCUT2D eigenvalue weighted by Crippen LogP contribution is -2.47. The van der Waals surface area contributed by atoms with Crippen LogP contribution >= 0.6 is 0 Å². The van der Waals surface area contributed by atoms with E-state index in [1.165, 1.54) is 0 Å². The fraction of sp³-hybridized carbons (Fsp3) is 0.316. The Morgan fingerprint density at radius 3 is 2.48 bits per heavy atom. The molecule has 1 aliphatic rings. The molecule has 4 rings (SSSR count). The first kappa shape index (κ1) is 15.8. The molecule has 3 aromatic rings. The first-order valence-corrected chi connectivity index (χ1v) is 8.52. The van der Waals surface area contributed by atoms with E-state index >= 15 is 0 Å². The van der Waals surface area contributed by atoms with Crippen molar-refractivity contribution >= 4 is 11.6 Å². The highest BCUT2D eigenvalue weighted by Gasteiger charge is 2.23. The number of amides is 1. The number of carbonyl (C=O) groups is 1. The number of hydrogen-bond acceptors (Lipinski definition) is 4. The molecule has 1 fully saturated rings. The zero-order valence-corrected chi connectivity index (χ0v) is 14.5. The molecular formula is C19H21N5O. The molecule has 0 N–H and O–H groups in total. The predicted molar refractivity (Wildman–Crippen MR) is 96.6 cm³/mol. The number of piperazine rings is 1. The van der Waals surface area contributed by atoms with E-state index in [9.17, 15) is 4.79 Å². The van der Waals surface area contributed by atoms with E-state index < -0.39 is 0 Å². The van der Waals surface area contributed by atoms with Crippen LogP contribution in [0.15, 0.2) is 42.7 Å². The molecular weight excluding hydrogens is 314 g/mol. The van der Waals surface area contributed by atoms with E-state index in [1.807, 2.05) is 48.4 Å². The highest BCUT2D eigenvalue weighted by atomic mass is 16.2. The van der Waals surface area contributed by atoms with Crippen molar-refractivity contribution in [1.29, 1.82) is 0 Å². The molecule has 6 heteroatoms. The standard InChI is InChI=1S/C19H21N5O/c1-14-16(19(25)23-10-8-22(2)9-11-23)12-20-18-17(13-21-24(14)18)15-6-4-3-5-7-15/h3-7,12-13H,8-11H2,1-2H3. The molecule has 128 valence electrons. The summed E-state index contributed by atoms with van der Waals surface area (Å²) >= 11 is 0. The average molecular weight is 335 g/mol. The van der Waals surface area contributed by atoms with Gasteiger partial charge in [0.15, 0.2) is 5.65 Å². The second kappa shape index (κ2) is 6.29. The van der Waals surface area contributed by atoms with Gasteiger partial charge >= 0.3 is 0 Å². The summed E-state index contributed by atoms with van der Waals surface area (Å²) in [5, 5.41) is 4.47. The highest BCUT2D eigenvalue weighted by Crippen LogP contribution is 2.24. The molecule has 0 bridgehead atoms. The molecule has 0 atom stereocenters. The summed E-state index contributed by atoms with van der Waals surface area (Å²) in [4.78, 5) is 21.6. The van der Waals surface area contributed by atoms with Crippen molar-refractivity contribution in [3.05, 3.63) is 54.0 Å². The van der Waals surface area contributed by atoms with Crippen LogP contribution in [0, 0.1) is 6.92 Å². The SMILES string of the molecule is Cc1c(C(=O)N2CCN(C)CC2)cnc2c(-c3ccccc3)cnn12. The van der Waals surface area contributed by atoms with Crippen molar-refractivity contribution in [3.63, 3.8) is 0 Å². The molecule has 1 amide bonds. The topological polar surface area (TPSA) is 53.7 Å². The van der Waals surface area contributed by atoms with Crippen LogP contribution in [0.25, 0.3) is 16.8 Å². The lowest BCUT2D eigenvalue weighted by atomic mass is 10.1. The summed E-state index contributed by atoms with van der Waals surface area (Å²) in [5.74, 6) is 0.0387. The number of rotatable bonds is 2. The van der Waals surface area contributed by atoms with Gasteiger partial charge in [0.2, 0.25) is 0 Å². The number of aromatic nitrogens is 3. The lowest BCUT2D eigenvalue weighted by molar-refractivity contribution is 0.0662. The van der Waals surface area contributed by atoms with Crippen LogP contribution in [0.5, 0.6) is 0 Å². The van der Waals surface area contributed by atoms with Crippen molar-refractivity contribution in [1.82, 2.24) is 24.4 Å². The molecule has 1 aromatic carbocycles. The van der Waals surface area contributed by atoms with Gasteiger partial charge in [-0.25, -0.2) is 9.50 Å². The Hall–Kier alpha value is -2.73. The number of hydrogen-bond donors (Lipinski definition) is 0. The van der Waals surface area contributed by atoms with Gasteiger partial charge in [0, 0.05) is 37.9 Å². The van der Waals surface area contributed by atoms with Crippen molar-refractivity contribution < 1.29 is 4.79 Å². The largest absolute Gasteiger partial charge is 0.336 e. The quantitative estimate of drug-likeness (QED) is 0.720. The minimum Gasteiger partial charge on any atom is -0.336 e. The van der Waals surface area contributed by atoms with Gasteiger partial charge in [-0.05, 0) is 19.5 Å². The van der Waals surface area contributed by atoms with Crippen molar-refractivity contribution in [2.45, 2.75) is 6.92 Å². The molecule has 0 saturated carbocycles. The molecule has 6 nitrogen and oxygen atoms in total. The van der Waals surface area contributed by atoms with Gasteiger partial charge in [-0.2, -0.15) is 5.10 Å². The third kappa shape index (κ3) is 2.78. The third-order valence-electron chi connectivity index (χ3n) is 4.87. The molecule has 0 spiro atoms. The predicted octanol–water partition coefficient (Wildman–Crippen LogP) is 2.09. The van der Waals surface area contributed by atoms with Gasteiger partial charge in [0.05, 0.1) is 17.5 Å². The number of benzene rings is 1. The van der Waals surface area contributed by atoms with E-state index in [0.29, 0.717) is 5.56 Å². The van der Waals surface area contributed by atoms with Gasteiger partial charge in [-0.1, -0.05) is 30.3 Å². The van der Waals surface area contributed by atoms with Crippen LogP contribution in [-0.2, 0) is 0 Å². The Morgan fingerprint density at radius 2 is 1.76 bits per heavy atom. The maximum atomic E-state index is 12.9. The Bertz CT molecular complexity index is 910. The maximum absolute atomic E-state index is 12.9. The van der Waals surface area contributed by atoms with Crippen LogP contribution < -0.4 is 0 Å². The van der Waals surface area contributed by atoms with E-state index in [1.54, 1.807) is 10.7 Å². The van der Waals surface area contributed by atoms with Crippen molar-refractivity contribution in [3.8, 4) is 11.1 Å². The number of nitrogens with zero attached hydrogens (tertiary/aromatic N) is 5. The third-order valence-corrected chi connectivity index (χ3v) is 4.87. The minimum atomic E-state index is 0.0387. The summed E-state index contributed by atoms with van der Waals surface area (Å²) in [6, 6.07) is 10.1. The second-order valence-electron chi connectivity index (χ2n) is 6.51. The van der Waals surface area contributed by atoms with Crippen molar-refractivity contribution in [2.75, 3.05) is 33.2 Å². The van der Waals surface area contributed by atoms with Gasteiger partial charge in [0.1, 0.15) is 0 Å². The minimum absolute atomic E-state index is 0.0387. The lowest BCUT2D eigenvalue weighted by Gasteiger charge is -2.32. The Morgan fingerprint density at radius 1 is 1.04 bits per heavy atom. The van der Waals surface area contributed by atoms with E-state index in [4.69, 9.17) is 0 Å². The fourth-order valence-corrected chi connectivity index (χ4v) is 3.26. The van der Waals surface area contributed by atoms with Gasteiger partial charge < -0.3 is 9.80 Å². The second-order valence-corrected chi connectivity index (χ2v) is 6.51. The first-order valence-electron chi connectivity index (χ1n) is 8.52. The molecule has 2 aromatic heterocycles. The molecule has 0 radical (unpaired) electrons. The summed E-state index contributed by atoms with van der Waals surface area (Å²) in [6.07, 6.45) is 3.51. The zero-order valence-electron chi connectivity index (χ0n) is 14.5. The number of carbonyl (C=O) groups excluding carboxylic acids is 1. The zero-order chi connectivity index (χ0) is 17.4. The van der Waals surface area contributed by atoms with Crippen LogP contribution in [0.3, 0.4) is 0 Å². The molecule has 1 saturated heterocycles. The normalized spacial score (nSPS) is 15.7. The summed E-state index contributed by atoms with van der Waals surface area (Å²) in [6.45, 7) is 5.24. The Balaban J connectivity index is 1.71. The van der Waals surface area contributed by atoms with Crippen LogP contribution in [-0.4, -0.2) is 63.5 Å². The number of fused-ring (bicyclic) bond motifs is 1. The highest BCUT2D eigenvalue weighted by molar-refractivity contribution is 5.95. The number of aryl methyl sites for hydroxylation is 1. The van der Waals surface area contributed by atoms with E-state index in [-0.39, 0.29) is 5.91 Å². The Labute approximate surface area is 146 Å². The average Bonchev–Trinajstić information content (AvgIpc) is 3.08. The van der Waals surface area contributed by atoms with Crippen LogP contribution in [0.2, 0.25) is 0 Å². The summed E-state index contributed by atoms with van der Waals surface area (Å²) in [7, 11) is 2.08. The summed E-state index contributed by atoms with van der Waals surface area (Å²) in [5.41, 5.74) is 4.28. The number of likely N-dealkylation sites (N-methyl/N-ethyl adjacent to an activating group) is 1. The molecule has 0 unspecified atom stereocenters. The van der Waals surface area contributed by atoms with Crippen LogP contribution in [0.1, 0.15) is 16.1 Å².